The molecule has 1 heterocycles. The van der Waals surface area contributed by atoms with E-state index in [0.29, 0.717) is 16.9 Å². The molecule has 1 aliphatic heterocycles. The van der Waals surface area contributed by atoms with Crippen molar-refractivity contribution in [2.75, 3.05) is 7.11 Å². The first kappa shape index (κ1) is 33.6. The zero-order valence-electron chi connectivity index (χ0n) is 27.8. The third-order valence-corrected chi connectivity index (χ3v) is 10.8. The summed E-state index contributed by atoms with van der Waals surface area (Å²) in [4.78, 5) is 65.5. The zero-order chi connectivity index (χ0) is 34.1. The molecule has 0 radical (unpaired) electrons. The number of hydrogen-bond acceptors (Lipinski definition) is 10. The Morgan fingerprint density at radius 1 is 0.913 bits per heavy atom. The van der Waals surface area contributed by atoms with E-state index < -0.39 is 88.4 Å². The Morgan fingerprint density at radius 3 is 1.98 bits per heavy atom. The van der Waals surface area contributed by atoms with Gasteiger partial charge in [-0.2, -0.15) is 0 Å². The fraction of sp³-hybridized carbons (Fsp3) is 0.629. The number of methoxy groups -OCH3 is 1. The van der Waals surface area contributed by atoms with E-state index in [4.69, 9.17) is 23.7 Å². The molecule has 4 aliphatic rings. The van der Waals surface area contributed by atoms with Crippen molar-refractivity contribution in [3.8, 4) is 5.75 Å². The number of aliphatic carboxylic acids is 1. The Bertz CT molecular complexity index is 1480. The maximum Gasteiger partial charge on any atom is 0.311 e. The second kappa shape index (κ2) is 11.5. The number of hydrogen-bond donors (Lipinski definition) is 1. The standard InChI is InChI=1S/C35H44O11/c1-16-14-35-31(45-21(6)38)17(2)15-34(35,46-35)30(39)18(3)28(43-19(4)36)26-27(33(26,7)8)29(44-20(5)37)24(16)25(32(40)41)22-10-12-23(42-9)13-11-22/h10-14,17-18,24-29,31H,15H2,1-9H3,(H,40,41). The summed E-state index contributed by atoms with van der Waals surface area (Å²) in [5.41, 5.74) is -2.43. The molecule has 0 aromatic heterocycles. The molecule has 1 aromatic rings. The maximum absolute atomic E-state index is 14.6. The highest BCUT2D eigenvalue weighted by atomic mass is 16.7. The van der Waals surface area contributed by atoms with Crippen LogP contribution in [0.4, 0.5) is 0 Å². The fourth-order valence-electron chi connectivity index (χ4n) is 8.88. The molecular weight excluding hydrogens is 596 g/mol. The van der Waals surface area contributed by atoms with Gasteiger partial charge in [-0.15, -0.1) is 0 Å². The van der Waals surface area contributed by atoms with Crippen LogP contribution < -0.4 is 4.74 Å². The highest BCUT2D eigenvalue weighted by Gasteiger charge is 2.84. The molecule has 3 fully saturated rings. The lowest BCUT2D eigenvalue weighted by atomic mass is 9.74. The number of rotatable bonds is 7. The average molecular weight is 641 g/mol. The normalized spacial score (nSPS) is 37.9. The number of carbonyl (C=O) groups is 5. The van der Waals surface area contributed by atoms with Crippen molar-refractivity contribution in [1.82, 2.24) is 0 Å². The summed E-state index contributed by atoms with van der Waals surface area (Å²) in [5.74, 6) is -6.81. The van der Waals surface area contributed by atoms with E-state index in [9.17, 15) is 29.1 Å². The van der Waals surface area contributed by atoms with Gasteiger partial charge >= 0.3 is 23.9 Å². The number of benzene rings is 1. The predicted molar refractivity (Wildman–Crippen MR) is 163 cm³/mol. The quantitative estimate of drug-likeness (QED) is 0.197. The molecule has 250 valence electrons. The van der Waals surface area contributed by atoms with Crippen LogP contribution >= 0.6 is 0 Å². The van der Waals surface area contributed by atoms with Gasteiger partial charge in [0.2, 0.25) is 0 Å². The molecule has 2 saturated carbocycles. The van der Waals surface area contributed by atoms with Gasteiger partial charge in [-0.1, -0.05) is 45.4 Å². The molecule has 5 rings (SSSR count). The molecule has 1 N–H and O–H groups in total. The smallest absolute Gasteiger partial charge is 0.311 e. The van der Waals surface area contributed by atoms with Gasteiger partial charge in [-0.05, 0) is 48.4 Å². The van der Waals surface area contributed by atoms with Crippen molar-refractivity contribution in [3.05, 3.63) is 41.5 Å². The summed E-state index contributed by atoms with van der Waals surface area (Å²) < 4.78 is 29.5. The Morgan fingerprint density at radius 2 is 1.46 bits per heavy atom. The van der Waals surface area contributed by atoms with Gasteiger partial charge in [0.1, 0.15) is 24.1 Å². The number of carboxylic acid groups (broad SMARTS) is 1. The van der Waals surface area contributed by atoms with Crippen molar-refractivity contribution < 1.29 is 52.8 Å². The second-order valence-electron chi connectivity index (χ2n) is 14.1. The Labute approximate surface area is 268 Å². The van der Waals surface area contributed by atoms with Gasteiger partial charge < -0.3 is 28.8 Å². The van der Waals surface area contributed by atoms with Crippen LogP contribution in [-0.2, 0) is 42.9 Å². The number of esters is 3. The van der Waals surface area contributed by atoms with Crippen LogP contribution in [0.1, 0.15) is 73.3 Å². The number of fused-ring (bicyclic) bond motifs is 1. The van der Waals surface area contributed by atoms with Crippen LogP contribution in [0.5, 0.6) is 5.75 Å². The van der Waals surface area contributed by atoms with Crippen molar-refractivity contribution in [2.24, 2.45) is 35.0 Å². The monoisotopic (exact) mass is 640 g/mol. The van der Waals surface area contributed by atoms with E-state index in [1.165, 1.54) is 27.9 Å². The highest BCUT2D eigenvalue weighted by Crippen LogP contribution is 2.69. The topological polar surface area (TPSA) is 155 Å². The summed E-state index contributed by atoms with van der Waals surface area (Å²) in [7, 11) is 1.51. The van der Waals surface area contributed by atoms with Crippen LogP contribution in [0.2, 0.25) is 0 Å². The average Bonchev–Trinajstić information content (AvgIpc) is 3.75. The lowest BCUT2D eigenvalue weighted by molar-refractivity contribution is -0.158. The molecule has 0 amide bonds. The van der Waals surface area contributed by atoms with Crippen LogP contribution in [-0.4, -0.2) is 71.4 Å². The highest BCUT2D eigenvalue weighted by molar-refractivity contribution is 5.96. The molecule has 3 aliphatic carbocycles. The largest absolute Gasteiger partial charge is 0.497 e. The third-order valence-electron chi connectivity index (χ3n) is 10.8. The number of carboxylic acids is 1. The Hall–Kier alpha value is -3.73. The predicted octanol–water partition coefficient (Wildman–Crippen LogP) is 4.26. The van der Waals surface area contributed by atoms with Gasteiger partial charge in [-0.25, -0.2) is 0 Å². The maximum atomic E-state index is 14.6. The number of Topliss-reactive ketones (excluding diaryl/α,β-unsaturated/α-hetero) is 1. The van der Waals surface area contributed by atoms with E-state index in [2.05, 4.69) is 0 Å². The van der Waals surface area contributed by atoms with Crippen molar-refractivity contribution in [2.45, 2.75) is 97.2 Å². The number of carbonyl (C=O) groups excluding carboxylic acids is 4. The van der Waals surface area contributed by atoms with Crippen LogP contribution in [0.3, 0.4) is 0 Å². The fourth-order valence-corrected chi connectivity index (χ4v) is 8.88. The molecule has 11 unspecified atom stereocenters. The van der Waals surface area contributed by atoms with E-state index in [1.807, 2.05) is 20.8 Å². The summed E-state index contributed by atoms with van der Waals surface area (Å²) in [5, 5.41) is 10.9. The summed E-state index contributed by atoms with van der Waals surface area (Å²) >= 11 is 0. The molecule has 1 saturated heterocycles. The zero-order valence-corrected chi connectivity index (χ0v) is 27.8. The van der Waals surface area contributed by atoms with Crippen LogP contribution in [0.25, 0.3) is 0 Å². The van der Waals surface area contributed by atoms with E-state index in [1.54, 1.807) is 44.2 Å². The molecular formula is C35H44O11. The van der Waals surface area contributed by atoms with Gasteiger partial charge in [0.15, 0.2) is 17.0 Å². The minimum absolute atomic E-state index is 0.251. The van der Waals surface area contributed by atoms with Crippen molar-refractivity contribution >= 4 is 29.7 Å². The van der Waals surface area contributed by atoms with E-state index in [-0.39, 0.29) is 18.1 Å². The number of ether oxygens (including phenoxy) is 5. The summed E-state index contributed by atoms with van der Waals surface area (Å²) in [6.07, 6.45) is -0.767. The van der Waals surface area contributed by atoms with Crippen LogP contribution in [0.15, 0.2) is 35.9 Å². The van der Waals surface area contributed by atoms with Crippen molar-refractivity contribution in [3.63, 3.8) is 0 Å². The molecule has 11 nitrogen and oxygen atoms in total. The summed E-state index contributed by atoms with van der Waals surface area (Å²) in [6, 6.07) is 6.67. The number of ketones is 1. The van der Waals surface area contributed by atoms with Gasteiger partial charge in [0.25, 0.3) is 0 Å². The van der Waals surface area contributed by atoms with Gasteiger partial charge in [0.05, 0.1) is 18.9 Å². The van der Waals surface area contributed by atoms with E-state index in [0.717, 1.165) is 0 Å². The lowest BCUT2D eigenvalue weighted by Gasteiger charge is -2.34. The minimum atomic E-state index is -1.39. The minimum Gasteiger partial charge on any atom is -0.497 e. The molecule has 11 atom stereocenters. The first-order chi connectivity index (χ1) is 21.4. The first-order valence-electron chi connectivity index (χ1n) is 15.8. The Balaban J connectivity index is 1.79. The molecule has 0 spiro atoms. The van der Waals surface area contributed by atoms with Gasteiger partial charge in [-0.3, -0.25) is 24.0 Å². The molecule has 11 heteroatoms. The molecule has 46 heavy (non-hydrogen) atoms. The second-order valence-corrected chi connectivity index (χ2v) is 14.1. The Kier molecular flexibility index (Phi) is 8.41. The van der Waals surface area contributed by atoms with E-state index >= 15 is 0 Å². The van der Waals surface area contributed by atoms with Crippen LogP contribution in [0, 0.1) is 35.0 Å². The number of epoxide rings is 1. The first-order valence-corrected chi connectivity index (χ1v) is 15.8. The third kappa shape index (κ3) is 5.20. The molecule has 0 bridgehead atoms. The van der Waals surface area contributed by atoms with Gasteiger partial charge in [0, 0.05) is 38.5 Å². The lowest BCUT2D eigenvalue weighted by Crippen LogP contribution is -2.43. The SMILES string of the molecule is COc1ccc(C(C(=O)O)C2C(C)=CC34OC3(CC(C)C4OC(C)=O)C(=O)C(C)C(OC(C)=O)C3C(C2OC(C)=O)C3(C)C)cc1. The molecule has 1 aromatic carbocycles. The van der Waals surface area contributed by atoms with Crippen molar-refractivity contribution in [1.29, 1.82) is 0 Å². The summed E-state index contributed by atoms with van der Waals surface area (Å²) in [6.45, 7) is 13.1.